The summed E-state index contributed by atoms with van der Waals surface area (Å²) in [5, 5.41) is 8.00. The number of ether oxygens (including phenoxy) is 1. The molecule has 0 saturated heterocycles. The van der Waals surface area contributed by atoms with E-state index in [0.717, 1.165) is 25.4 Å². The van der Waals surface area contributed by atoms with Gasteiger partial charge in [-0.1, -0.05) is 0 Å². The average molecular weight is 266 g/mol. The average Bonchev–Trinajstić information content (AvgIpc) is 2.57. The van der Waals surface area contributed by atoms with Crippen LogP contribution in [0.15, 0.2) is 0 Å². The van der Waals surface area contributed by atoms with Crippen molar-refractivity contribution >= 4 is 5.82 Å². The first-order valence-corrected chi connectivity index (χ1v) is 7.10. The lowest BCUT2D eigenvalue weighted by atomic mass is 9.91. The van der Waals surface area contributed by atoms with E-state index in [1.807, 2.05) is 11.7 Å². The van der Waals surface area contributed by atoms with Crippen LogP contribution in [0.5, 0.6) is 0 Å². The van der Waals surface area contributed by atoms with Gasteiger partial charge in [0.2, 0.25) is 0 Å². The van der Waals surface area contributed by atoms with Crippen LogP contribution in [0.3, 0.4) is 0 Å². The van der Waals surface area contributed by atoms with E-state index in [9.17, 15) is 0 Å². The van der Waals surface area contributed by atoms with E-state index < -0.39 is 0 Å². The smallest absolute Gasteiger partial charge is 0.131 e. The maximum atomic E-state index is 5.06. The summed E-state index contributed by atoms with van der Waals surface area (Å²) in [4.78, 5) is 2.40. The van der Waals surface area contributed by atoms with Gasteiger partial charge in [-0.25, -0.2) is 0 Å². The van der Waals surface area contributed by atoms with Crippen LogP contribution in [0, 0.1) is 6.92 Å². The Kier molecular flexibility index (Phi) is 4.82. The fraction of sp³-hybridized carbons (Fsp3) is 0.786. The highest BCUT2D eigenvalue weighted by molar-refractivity contribution is 5.50. The molecule has 1 aliphatic rings. The molecule has 5 nitrogen and oxygen atoms in total. The zero-order valence-corrected chi connectivity index (χ0v) is 12.6. The standard InChI is InChI=1S/C14H26N4O/c1-11-13(10-15-8-9-19-4)14(18(3)16-11)17(2)12-6-5-7-12/h12,15H,5-10H2,1-4H3. The van der Waals surface area contributed by atoms with Gasteiger partial charge in [0.05, 0.1) is 12.3 Å². The largest absolute Gasteiger partial charge is 0.383 e. The first-order chi connectivity index (χ1) is 9.15. The molecule has 1 heterocycles. The van der Waals surface area contributed by atoms with Crippen molar-refractivity contribution in [2.24, 2.45) is 7.05 Å². The van der Waals surface area contributed by atoms with Crippen molar-refractivity contribution in [3.8, 4) is 0 Å². The minimum absolute atomic E-state index is 0.688. The zero-order chi connectivity index (χ0) is 13.8. The molecule has 0 bridgehead atoms. The number of nitrogens with zero attached hydrogens (tertiary/aromatic N) is 3. The molecule has 0 spiro atoms. The van der Waals surface area contributed by atoms with Crippen molar-refractivity contribution in [1.29, 1.82) is 0 Å². The second-order valence-corrected chi connectivity index (χ2v) is 5.38. The summed E-state index contributed by atoms with van der Waals surface area (Å²) in [6.45, 7) is 4.56. The summed E-state index contributed by atoms with van der Waals surface area (Å²) in [7, 11) is 5.96. The molecule has 2 rings (SSSR count). The van der Waals surface area contributed by atoms with Crippen molar-refractivity contribution in [3.05, 3.63) is 11.3 Å². The molecule has 0 radical (unpaired) electrons. The Morgan fingerprint density at radius 3 is 2.79 bits per heavy atom. The predicted molar refractivity (Wildman–Crippen MR) is 77.6 cm³/mol. The summed E-state index contributed by atoms with van der Waals surface area (Å²) in [6.07, 6.45) is 3.96. The molecular weight excluding hydrogens is 240 g/mol. The summed E-state index contributed by atoms with van der Waals surface area (Å²) in [6, 6.07) is 0.688. The molecule has 5 heteroatoms. The number of aryl methyl sites for hydroxylation is 2. The van der Waals surface area contributed by atoms with E-state index in [2.05, 4.69) is 29.3 Å². The van der Waals surface area contributed by atoms with E-state index in [-0.39, 0.29) is 0 Å². The minimum Gasteiger partial charge on any atom is -0.383 e. The van der Waals surface area contributed by atoms with Gasteiger partial charge in [-0.15, -0.1) is 0 Å². The van der Waals surface area contributed by atoms with Crippen molar-refractivity contribution in [1.82, 2.24) is 15.1 Å². The number of anilines is 1. The number of nitrogens with one attached hydrogen (secondary N) is 1. The Balaban J connectivity index is 2.07. The Hall–Kier alpha value is -1.07. The molecule has 0 amide bonds. The molecule has 1 saturated carbocycles. The van der Waals surface area contributed by atoms with Crippen LogP contribution in [0.4, 0.5) is 5.82 Å². The molecule has 19 heavy (non-hydrogen) atoms. The number of rotatable bonds is 7. The molecule has 1 aliphatic carbocycles. The third-order valence-corrected chi connectivity index (χ3v) is 4.05. The zero-order valence-electron chi connectivity index (χ0n) is 12.6. The highest BCUT2D eigenvalue weighted by Gasteiger charge is 2.26. The number of methoxy groups -OCH3 is 1. The molecule has 1 fully saturated rings. The van der Waals surface area contributed by atoms with Crippen LogP contribution in [-0.2, 0) is 18.3 Å². The highest BCUT2D eigenvalue weighted by Crippen LogP contribution is 2.31. The van der Waals surface area contributed by atoms with Crippen LogP contribution in [0.25, 0.3) is 0 Å². The maximum absolute atomic E-state index is 5.06. The number of hydrogen-bond donors (Lipinski definition) is 1. The summed E-state index contributed by atoms with van der Waals surface area (Å²) in [5.74, 6) is 1.26. The van der Waals surface area contributed by atoms with Gasteiger partial charge in [0.1, 0.15) is 5.82 Å². The fourth-order valence-electron chi connectivity index (χ4n) is 2.67. The molecule has 0 unspecified atom stereocenters. The molecule has 1 N–H and O–H groups in total. The van der Waals surface area contributed by atoms with Crippen molar-refractivity contribution < 1.29 is 4.74 Å². The first kappa shape index (κ1) is 14.3. The normalized spacial score (nSPS) is 15.6. The predicted octanol–water partition coefficient (Wildman–Crippen LogP) is 1.45. The van der Waals surface area contributed by atoms with Gasteiger partial charge in [0.15, 0.2) is 0 Å². The highest BCUT2D eigenvalue weighted by atomic mass is 16.5. The van der Waals surface area contributed by atoms with Crippen LogP contribution < -0.4 is 10.2 Å². The van der Waals surface area contributed by atoms with E-state index in [1.165, 1.54) is 30.6 Å². The monoisotopic (exact) mass is 266 g/mol. The molecular formula is C14H26N4O. The first-order valence-electron chi connectivity index (χ1n) is 7.10. The van der Waals surface area contributed by atoms with E-state index >= 15 is 0 Å². The Morgan fingerprint density at radius 1 is 1.47 bits per heavy atom. The van der Waals surface area contributed by atoms with Crippen molar-refractivity contribution in [2.75, 3.05) is 32.2 Å². The molecule has 108 valence electrons. The van der Waals surface area contributed by atoms with Gasteiger partial charge in [-0.2, -0.15) is 5.10 Å². The van der Waals surface area contributed by atoms with Crippen LogP contribution in [0.2, 0.25) is 0 Å². The van der Waals surface area contributed by atoms with Gasteiger partial charge in [-0.05, 0) is 26.2 Å². The molecule has 0 aromatic carbocycles. The Bertz CT molecular complexity index is 412. The van der Waals surface area contributed by atoms with E-state index in [0.29, 0.717) is 6.04 Å². The summed E-state index contributed by atoms with van der Waals surface area (Å²) >= 11 is 0. The second kappa shape index (κ2) is 6.39. The van der Waals surface area contributed by atoms with Crippen LogP contribution >= 0.6 is 0 Å². The SMILES string of the molecule is COCCNCc1c(C)nn(C)c1N(C)C1CCC1. The minimum atomic E-state index is 0.688. The number of hydrogen-bond acceptors (Lipinski definition) is 4. The third kappa shape index (κ3) is 3.09. The lowest BCUT2D eigenvalue weighted by molar-refractivity contribution is 0.199. The topological polar surface area (TPSA) is 42.3 Å². The lowest BCUT2D eigenvalue weighted by Crippen LogP contribution is -2.39. The fourth-order valence-corrected chi connectivity index (χ4v) is 2.67. The molecule has 1 aromatic rings. The Morgan fingerprint density at radius 2 is 2.21 bits per heavy atom. The van der Waals surface area contributed by atoms with Crippen LogP contribution in [0.1, 0.15) is 30.5 Å². The van der Waals surface area contributed by atoms with Gasteiger partial charge < -0.3 is 15.0 Å². The van der Waals surface area contributed by atoms with Crippen molar-refractivity contribution in [3.63, 3.8) is 0 Å². The second-order valence-electron chi connectivity index (χ2n) is 5.38. The van der Waals surface area contributed by atoms with Gasteiger partial charge in [0, 0.05) is 45.9 Å². The van der Waals surface area contributed by atoms with Crippen molar-refractivity contribution in [2.45, 2.75) is 38.8 Å². The van der Waals surface area contributed by atoms with Gasteiger partial charge in [-0.3, -0.25) is 4.68 Å². The van der Waals surface area contributed by atoms with Gasteiger partial charge in [0.25, 0.3) is 0 Å². The quantitative estimate of drug-likeness (QED) is 0.759. The lowest BCUT2D eigenvalue weighted by Gasteiger charge is -2.36. The molecule has 1 aromatic heterocycles. The molecule has 0 atom stereocenters. The Labute approximate surface area is 115 Å². The summed E-state index contributed by atoms with van der Waals surface area (Å²) in [5.41, 5.74) is 2.43. The maximum Gasteiger partial charge on any atom is 0.131 e. The molecule has 0 aliphatic heterocycles. The van der Waals surface area contributed by atoms with E-state index in [1.54, 1.807) is 7.11 Å². The number of aromatic nitrogens is 2. The summed E-state index contributed by atoms with van der Waals surface area (Å²) < 4.78 is 7.08. The van der Waals surface area contributed by atoms with Crippen LogP contribution in [-0.4, -0.2) is 43.1 Å². The third-order valence-electron chi connectivity index (χ3n) is 4.05. The van der Waals surface area contributed by atoms with Gasteiger partial charge >= 0.3 is 0 Å². The van der Waals surface area contributed by atoms with E-state index in [4.69, 9.17) is 4.74 Å².